The van der Waals surface area contributed by atoms with Gasteiger partial charge in [-0.2, -0.15) is 0 Å². The van der Waals surface area contributed by atoms with Gasteiger partial charge in [0.05, 0.1) is 6.54 Å². The first-order chi connectivity index (χ1) is 8.91. The van der Waals surface area contributed by atoms with Gasteiger partial charge in [-0.1, -0.05) is 32.0 Å². The molecule has 3 nitrogen and oxygen atoms in total. The maximum Gasteiger partial charge on any atom is 0.234 e. The molecule has 2 N–H and O–H groups in total. The lowest BCUT2D eigenvalue weighted by atomic mass is 10.1. The zero-order valence-corrected chi connectivity index (χ0v) is 12.0. The van der Waals surface area contributed by atoms with Crippen LogP contribution in [0.5, 0.6) is 0 Å². The summed E-state index contributed by atoms with van der Waals surface area (Å²) in [6.07, 6.45) is 0. The van der Waals surface area contributed by atoms with Crippen LogP contribution in [-0.4, -0.2) is 18.5 Å². The van der Waals surface area contributed by atoms with E-state index in [2.05, 4.69) is 24.5 Å². The van der Waals surface area contributed by atoms with Gasteiger partial charge in [-0.05, 0) is 25.8 Å². The SMILES string of the molecule is CC(NCC(=O)NC(C)C(C)C)c1ccccc1F. The Balaban J connectivity index is 2.44. The van der Waals surface area contributed by atoms with Crippen LogP contribution in [0.4, 0.5) is 4.39 Å². The molecule has 1 aromatic carbocycles. The second-order valence-corrected chi connectivity index (χ2v) is 5.22. The molecule has 0 spiro atoms. The number of hydrogen-bond acceptors (Lipinski definition) is 2. The van der Waals surface area contributed by atoms with E-state index in [9.17, 15) is 9.18 Å². The molecule has 19 heavy (non-hydrogen) atoms. The first-order valence-electron chi connectivity index (χ1n) is 6.69. The van der Waals surface area contributed by atoms with E-state index in [1.54, 1.807) is 18.2 Å². The Morgan fingerprint density at radius 1 is 1.21 bits per heavy atom. The van der Waals surface area contributed by atoms with E-state index in [0.717, 1.165) is 0 Å². The minimum absolute atomic E-state index is 0.0654. The van der Waals surface area contributed by atoms with Gasteiger partial charge in [0, 0.05) is 17.6 Å². The summed E-state index contributed by atoms with van der Waals surface area (Å²) >= 11 is 0. The van der Waals surface area contributed by atoms with Gasteiger partial charge in [-0.15, -0.1) is 0 Å². The van der Waals surface area contributed by atoms with E-state index < -0.39 is 0 Å². The molecule has 2 unspecified atom stereocenters. The lowest BCUT2D eigenvalue weighted by Crippen LogP contribution is -2.41. The van der Waals surface area contributed by atoms with Crippen LogP contribution in [0.15, 0.2) is 24.3 Å². The molecular formula is C15H23FN2O. The molecular weight excluding hydrogens is 243 g/mol. The fourth-order valence-electron chi connectivity index (χ4n) is 1.65. The summed E-state index contributed by atoms with van der Waals surface area (Å²) in [6, 6.07) is 6.54. The van der Waals surface area contributed by atoms with Crippen molar-refractivity contribution in [2.45, 2.75) is 39.8 Å². The molecule has 0 aliphatic carbocycles. The fraction of sp³-hybridized carbons (Fsp3) is 0.533. The Hall–Kier alpha value is -1.42. The molecule has 0 fully saturated rings. The smallest absolute Gasteiger partial charge is 0.234 e. The Kier molecular flexibility index (Phi) is 5.96. The highest BCUT2D eigenvalue weighted by molar-refractivity contribution is 5.78. The number of amides is 1. The standard InChI is InChI=1S/C15H23FN2O/c1-10(2)11(3)18-15(19)9-17-12(4)13-7-5-6-8-14(13)16/h5-8,10-12,17H,9H2,1-4H3,(H,18,19). The predicted octanol–water partition coefficient (Wildman–Crippen LogP) is 2.64. The highest BCUT2D eigenvalue weighted by Gasteiger charge is 2.13. The van der Waals surface area contributed by atoms with Crippen molar-refractivity contribution in [3.8, 4) is 0 Å². The maximum atomic E-state index is 13.5. The molecule has 0 radical (unpaired) electrons. The summed E-state index contributed by atoms with van der Waals surface area (Å²) in [7, 11) is 0. The van der Waals surface area contributed by atoms with Crippen LogP contribution in [0, 0.1) is 11.7 Å². The Morgan fingerprint density at radius 3 is 2.42 bits per heavy atom. The van der Waals surface area contributed by atoms with Crippen LogP contribution in [0.25, 0.3) is 0 Å². The van der Waals surface area contributed by atoms with Gasteiger partial charge in [0.25, 0.3) is 0 Å². The highest BCUT2D eigenvalue weighted by Crippen LogP contribution is 2.15. The summed E-state index contributed by atoms with van der Waals surface area (Å²) in [5.74, 6) is 0.0794. The lowest BCUT2D eigenvalue weighted by molar-refractivity contribution is -0.121. The van der Waals surface area contributed by atoms with E-state index >= 15 is 0 Å². The summed E-state index contributed by atoms with van der Waals surface area (Å²) < 4.78 is 13.5. The molecule has 0 aliphatic heterocycles. The molecule has 1 rings (SSSR count). The molecule has 1 aromatic rings. The molecule has 0 aliphatic rings. The predicted molar refractivity (Wildman–Crippen MR) is 75.3 cm³/mol. The average Bonchev–Trinajstić information content (AvgIpc) is 2.36. The maximum absolute atomic E-state index is 13.5. The van der Waals surface area contributed by atoms with Crippen molar-refractivity contribution in [1.82, 2.24) is 10.6 Å². The Bertz CT molecular complexity index is 420. The van der Waals surface area contributed by atoms with Gasteiger partial charge in [0.15, 0.2) is 0 Å². The second-order valence-electron chi connectivity index (χ2n) is 5.22. The molecule has 4 heteroatoms. The van der Waals surface area contributed by atoms with E-state index in [4.69, 9.17) is 0 Å². The normalized spacial score (nSPS) is 14.2. The number of hydrogen-bond donors (Lipinski definition) is 2. The highest BCUT2D eigenvalue weighted by atomic mass is 19.1. The van der Waals surface area contributed by atoms with Crippen LogP contribution < -0.4 is 10.6 Å². The Morgan fingerprint density at radius 2 is 1.84 bits per heavy atom. The average molecular weight is 266 g/mol. The first-order valence-corrected chi connectivity index (χ1v) is 6.69. The van der Waals surface area contributed by atoms with Gasteiger partial charge < -0.3 is 10.6 Å². The summed E-state index contributed by atoms with van der Waals surface area (Å²) in [5.41, 5.74) is 0.576. The van der Waals surface area contributed by atoms with Crippen LogP contribution in [0.3, 0.4) is 0 Å². The number of carbonyl (C=O) groups is 1. The monoisotopic (exact) mass is 266 g/mol. The van der Waals surface area contributed by atoms with Crippen molar-refractivity contribution in [2.75, 3.05) is 6.54 Å². The largest absolute Gasteiger partial charge is 0.352 e. The van der Waals surface area contributed by atoms with Crippen molar-refractivity contribution >= 4 is 5.91 Å². The van der Waals surface area contributed by atoms with Gasteiger partial charge in [0.2, 0.25) is 5.91 Å². The molecule has 0 heterocycles. The third kappa shape index (κ3) is 4.99. The third-order valence-corrected chi connectivity index (χ3v) is 3.33. The number of halogens is 1. The van der Waals surface area contributed by atoms with Crippen molar-refractivity contribution in [3.05, 3.63) is 35.6 Å². The minimum Gasteiger partial charge on any atom is -0.352 e. The van der Waals surface area contributed by atoms with Crippen LogP contribution >= 0.6 is 0 Å². The van der Waals surface area contributed by atoms with Gasteiger partial charge >= 0.3 is 0 Å². The van der Waals surface area contributed by atoms with Crippen molar-refractivity contribution in [2.24, 2.45) is 5.92 Å². The zero-order chi connectivity index (χ0) is 14.4. The number of rotatable bonds is 6. The van der Waals surface area contributed by atoms with Crippen molar-refractivity contribution < 1.29 is 9.18 Å². The molecule has 106 valence electrons. The van der Waals surface area contributed by atoms with Gasteiger partial charge in [-0.3, -0.25) is 4.79 Å². The van der Waals surface area contributed by atoms with Crippen LogP contribution in [0.2, 0.25) is 0 Å². The van der Waals surface area contributed by atoms with Crippen molar-refractivity contribution in [3.63, 3.8) is 0 Å². The molecule has 1 amide bonds. The third-order valence-electron chi connectivity index (χ3n) is 3.33. The van der Waals surface area contributed by atoms with Crippen LogP contribution in [0.1, 0.15) is 39.3 Å². The minimum atomic E-state index is -0.251. The molecule has 0 saturated carbocycles. The summed E-state index contributed by atoms with van der Waals surface area (Å²) in [6.45, 7) is 8.12. The molecule has 0 bridgehead atoms. The molecule has 0 aromatic heterocycles. The van der Waals surface area contributed by atoms with Crippen molar-refractivity contribution in [1.29, 1.82) is 0 Å². The van der Waals surface area contributed by atoms with Gasteiger partial charge in [-0.25, -0.2) is 4.39 Å². The van der Waals surface area contributed by atoms with E-state index in [1.165, 1.54) is 6.07 Å². The first kappa shape index (κ1) is 15.6. The number of nitrogens with one attached hydrogen (secondary N) is 2. The van der Waals surface area contributed by atoms with E-state index in [-0.39, 0.29) is 30.4 Å². The summed E-state index contributed by atoms with van der Waals surface area (Å²) in [4.78, 5) is 11.7. The number of carbonyl (C=O) groups excluding carboxylic acids is 1. The van der Waals surface area contributed by atoms with Crippen LogP contribution in [-0.2, 0) is 4.79 Å². The van der Waals surface area contributed by atoms with Gasteiger partial charge in [0.1, 0.15) is 5.82 Å². The van der Waals surface area contributed by atoms with E-state index in [1.807, 2.05) is 13.8 Å². The quantitative estimate of drug-likeness (QED) is 0.831. The molecule has 0 saturated heterocycles. The second kappa shape index (κ2) is 7.24. The Labute approximate surface area is 114 Å². The topological polar surface area (TPSA) is 41.1 Å². The number of benzene rings is 1. The zero-order valence-electron chi connectivity index (χ0n) is 12.0. The van der Waals surface area contributed by atoms with E-state index in [0.29, 0.717) is 11.5 Å². The lowest BCUT2D eigenvalue weighted by Gasteiger charge is -2.19. The fourth-order valence-corrected chi connectivity index (χ4v) is 1.65. The molecule has 2 atom stereocenters. The summed E-state index contributed by atoms with van der Waals surface area (Å²) in [5, 5.41) is 5.94.